The standard InChI is InChI=1S/C21H28N4O2/c1-4-20(26)25-10-9-18(14-25)24-21(22-2)23-13-15-5-6-17-12-19(27-3)8-7-16(17)11-15/h5-8,11-12,18H,4,9-10,13-14H2,1-3H3,(H2,22,23,24). The van der Waals surface area contributed by atoms with Crippen molar-refractivity contribution >= 4 is 22.6 Å². The van der Waals surface area contributed by atoms with Crippen molar-refractivity contribution in [2.24, 2.45) is 4.99 Å². The van der Waals surface area contributed by atoms with Crippen molar-refractivity contribution in [1.29, 1.82) is 0 Å². The lowest BCUT2D eigenvalue weighted by molar-refractivity contribution is -0.129. The van der Waals surface area contributed by atoms with E-state index < -0.39 is 0 Å². The molecule has 0 aromatic heterocycles. The molecule has 2 aromatic rings. The van der Waals surface area contributed by atoms with Crippen LogP contribution in [0.1, 0.15) is 25.3 Å². The molecule has 6 heteroatoms. The van der Waals surface area contributed by atoms with Crippen molar-refractivity contribution in [1.82, 2.24) is 15.5 Å². The number of methoxy groups -OCH3 is 1. The van der Waals surface area contributed by atoms with Crippen LogP contribution in [0.3, 0.4) is 0 Å². The van der Waals surface area contributed by atoms with Crippen LogP contribution < -0.4 is 15.4 Å². The van der Waals surface area contributed by atoms with Gasteiger partial charge in [0.05, 0.1) is 7.11 Å². The summed E-state index contributed by atoms with van der Waals surface area (Å²) in [4.78, 5) is 18.1. The molecule has 1 heterocycles. The molecule has 1 aliphatic heterocycles. The Labute approximate surface area is 160 Å². The lowest BCUT2D eigenvalue weighted by atomic mass is 10.1. The Kier molecular flexibility index (Phi) is 6.16. The van der Waals surface area contributed by atoms with Crippen LogP contribution in [0.15, 0.2) is 41.4 Å². The maximum atomic E-state index is 11.8. The summed E-state index contributed by atoms with van der Waals surface area (Å²) >= 11 is 0. The number of hydrogen-bond donors (Lipinski definition) is 2. The fraction of sp³-hybridized carbons (Fsp3) is 0.429. The van der Waals surface area contributed by atoms with Gasteiger partial charge in [-0.1, -0.05) is 25.1 Å². The first-order chi connectivity index (χ1) is 13.1. The quantitative estimate of drug-likeness (QED) is 0.629. The molecular weight excluding hydrogens is 340 g/mol. The molecule has 144 valence electrons. The van der Waals surface area contributed by atoms with Gasteiger partial charge in [0.25, 0.3) is 0 Å². The van der Waals surface area contributed by atoms with Gasteiger partial charge >= 0.3 is 0 Å². The smallest absolute Gasteiger partial charge is 0.222 e. The highest BCUT2D eigenvalue weighted by atomic mass is 16.5. The fourth-order valence-corrected chi connectivity index (χ4v) is 3.41. The van der Waals surface area contributed by atoms with Gasteiger partial charge in [0, 0.05) is 39.1 Å². The summed E-state index contributed by atoms with van der Waals surface area (Å²) in [6.45, 7) is 4.15. The van der Waals surface area contributed by atoms with Crippen LogP contribution in [0.5, 0.6) is 5.75 Å². The third-order valence-electron chi connectivity index (χ3n) is 4.98. The zero-order valence-electron chi connectivity index (χ0n) is 16.3. The van der Waals surface area contributed by atoms with Gasteiger partial charge < -0.3 is 20.3 Å². The molecular formula is C21H28N4O2. The van der Waals surface area contributed by atoms with Crippen LogP contribution in [0.25, 0.3) is 10.8 Å². The van der Waals surface area contributed by atoms with Crippen LogP contribution in [-0.2, 0) is 11.3 Å². The van der Waals surface area contributed by atoms with Crippen LogP contribution in [0, 0.1) is 0 Å². The Morgan fingerprint density at radius 3 is 2.78 bits per heavy atom. The SMILES string of the molecule is CCC(=O)N1CCC(NC(=NC)NCc2ccc3cc(OC)ccc3c2)C1. The van der Waals surface area contributed by atoms with E-state index in [0.717, 1.165) is 36.6 Å². The number of guanidine groups is 1. The summed E-state index contributed by atoms with van der Waals surface area (Å²) in [6.07, 6.45) is 1.51. The number of hydrogen-bond acceptors (Lipinski definition) is 3. The lowest BCUT2D eigenvalue weighted by Crippen LogP contribution is -2.44. The van der Waals surface area contributed by atoms with E-state index in [2.05, 4.69) is 39.9 Å². The summed E-state index contributed by atoms with van der Waals surface area (Å²) < 4.78 is 5.28. The first-order valence-electron chi connectivity index (χ1n) is 9.44. The average molecular weight is 368 g/mol. The van der Waals surface area contributed by atoms with E-state index in [1.165, 1.54) is 10.9 Å². The molecule has 0 saturated carbocycles. The maximum absolute atomic E-state index is 11.8. The zero-order chi connectivity index (χ0) is 19.2. The molecule has 1 saturated heterocycles. The number of ether oxygens (including phenoxy) is 1. The Morgan fingerprint density at radius 1 is 1.26 bits per heavy atom. The topological polar surface area (TPSA) is 66.0 Å². The molecule has 2 aromatic carbocycles. The van der Waals surface area contributed by atoms with E-state index in [-0.39, 0.29) is 11.9 Å². The van der Waals surface area contributed by atoms with E-state index in [9.17, 15) is 4.79 Å². The summed E-state index contributed by atoms with van der Waals surface area (Å²) in [7, 11) is 3.45. The number of likely N-dealkylation sites (tertiary alicyclic amines) is 1. The van der Waals surface area contributed by atoms with Gasteiger partial charge in [-0.25, -0.2) is 0 Å². The van der Waals surface area contributed by atoms with Gasteiger partial charge in [-0.05, 0) is 41.0 Å². The van der Waals surface area contributed by atoms with Gasteiger partial charge in [-0.2, -0.15) is 0 Å². The minimum Gasteiger partial charge on any atom is -0.497 e. The van der Waals surface area contributed by atoms with Gasteiger partial charge in [0.15, 0.2) is 5.96 Å². The minimum atomic E-state index is 0.218. The molecule has 3 rings (SSSR count). The third-order valence-corrected chi connectivity index (χ3v) is 4.98. The highest BCUT2D eigenvalue weighted by Crippen LogP contribution is 2.21. The minimum absolute atomic E-state index is 0.218. The van der Waals surface area contributed by atoms with E-state index >= 15 is 0 Å². The second-order valence-electron chi connectivity index (χ2n) is 6.80. The van der Waals surface area contributed by atoms with Gasteiger partial charge in [0.2, 0.25) is 5.91 Å². The predicted molar refractivity (Wildman–Crippen MR) is 109 cm³/mol. The summed E-state index contributed by atoms with van der Waals surface area (Å²) in [5.74, 6) is 1.85. The molecule has 1 amide bonds. The molecule has 0 bridgehead atoms. The van der Waals surface area contributed by atoms with Crippen LogP contribution >= 0.6 is 0 Å². The lowest BCUT2D eigenvalue weighted by Gasteiger charge is -2.19. The number of carbonyl (C=O) groups is 1. The van der Waals surface area contributed by atoms with E-state index in [0.29, 0.717) is 13.0 Å². The normalized spacial score (nSPS) is 17.2. The molecule has 1 unspecified atom stereocenters. The highest BCUT2D eigenvalue weighted by molar-refractivity contribution is 5.85. The molecule has 1 atom stereocenters. The number of amides is 1. The van der Waals surface area contributed by atoms with E-state index in [1.54, 1.807) is 14.2 Å². The third kappa shape index (κ3) is 4.70. The Hall–Kier alpha value is -2.76. The number of rotatable bonds is 5. The number of nitrogens with zero attached hydrogens (tertiary/aromatic N) is 2. The number of fused-ring (bicyclic) bond motifs is 1. The van der Waals surface area contributed by atoms with Gasteiger partial charge in [0.1, 0.15) is 5.75 Å². The van der Waals surface area contributed by atoms with E-state index in [1.807, 2.05) is 24.0 Å². The molecule has 0 aliphatic carbocycles. The van der Waals surface area contributed by atoms with Crippen molar-refractivity contribution in [2.45, 2.75) is 32.4 Å². The number of aliphatic imine (C=N–C) groups is 1. The van der Waals surface area contributed by atoms with Crippen molar-refractivity contribution in [2.75, 3.05) is 27.2 Å². The molecule has 2 N–H and O–H groups in total. The first-order valence-corrected chi connectivity index (χ1v) is 9.44. The average Bonchev–Trinajstić information content (AvgIpc) is 3.18. The van der Waals surface area contributed by atoms with Crippen molar-refractivity contribution in [3.63, 3.8) is 0 Å². The maximum Gasteiger partial charge on any atom is 0.222 e. The van der Waals surface area contributed by atoms with Crippen molar-refractivity contribution in [3.8, 4) is 5.75 Å². The monoisotopic (exact) mass is 368 g/mol. The van der Waals surface area contributed by atoms with Crippen LogP contribution in [0.2, 0.25) is 0 Å². The van der Waals surface area contributed by atoms with Gasteiger partial charge in [-0.15, -0.1) is 0 Å². The number of nitrogens with one attached hydrogen (secondary N) is 2. The van der Waals surface area contributed by atoms with Crippen molar-refractivity contribution in [3.05, 3.63) is 42.0 Å². The second kappa shape index (κ2) is 8.75. The molecule has 6 nitrogen and oxygen atoms in total. The number of benzene rings is 2. The first kappa shape index (κ1) is 19.0. The highest BCUT2D eigenvalue weighted by Gasteiger charge is 2.25. The summed E-state index contributed by atoms with van der Waals surface area (Å²) in [5.41, 5.74) is 1.19. The molecule has 27 heavy (non-hydrogen) atoms. The van der Waals surface area contributed by atoms with Crippen LogP contribution in [0.4, 0.5) is 0 Å². The Balaban J connectivity index is 1.56. The summed E-state index contributed by atoms with van der Waals surface area (Å²) in [6, 6.07) is 12.7. The predicted octanol–water partition coefficient (Wildman–Crippen LogP) is 2.52. The molecule has 0 radical (unpaired) electrons. The second-order valence-corrected chi connectivity index (χ2v) is 6.80. The molecule has 1 fully saturated rings. The van der Waals surface area contributed by atoms with Gasteiger partial charge in [-0.3, -0.25) is 9.79 Å². The largest absolute Gasteiger partial charge is 0.497 e. The zero-order valence-corrected chi connectivity index (χ0v) is 16.3. The number of carbonyl (C=O) groups excluding carboxylic acids is 1. The summed E-state index contributed by atoms with van der Waals surface area (Å²) in [5, 5.41) is 9.14. The Bertz CT molecular complexity index is 834. The van der Waals surface area contributed by atoms with E-state index in [4.69, 9.17) is 4.74 Å². The Morgan fingerprint density at radius 2 is 2.04 bits per heavy atom. The molecule has 1 aliphatic rings. The van der Waals surface area contributed by atoms with Crippen LogP contribution in [-0.4, -0.2) is 50.1 Å². The molecule has 0 spiro atoms. The van der Waals surface area contributed by atoms with Crippen molar-refractivity contribution < 1.29 is 9.53 Å². The fourth-order valence-electron chi connectivity index (χ4n) is 3.41.